The smallest absolute Gasteiger partial charge is 0.214 e. The van der Waals surface area contributed by atoms with Gasteiger partial charge in [-0.05, 0) is 51.2 Å². The maximum atomic E-state index is 6.05. The molecule has 0 bridgehead atoms. The van der Waals surface area contributed by atoms with Crippen molar-refractivity contribution < 1.29 is 4.74 Å². The van der Waals surface area contributed by atoms with Crippen LogP contribution in [0.25, 0.3) is 0 Å². The van der Waals surface area contributed by atoms with Crippen molar-refractivity contribution in [1.82, 2.24) is 14.9 Å². The molecule has 0 spiro atoms. The normalized spacial score (nSPS) is 10.8. The van der Waals surface area contributed by atoms with Crippen molar-refractivity contribution in [2.45, 2.75) is 33.4 Å². The highest BCUT2D eigenvalue weighted by Crippen LogP contribution is 2.24. The Kier molecular flexibility index (Phi) is 4.67. The maximum absolute atomic E-state index is 6.05. The lowest BCUT2D eigenvalue weighted by Gasteiger charge is -2.16. The SMILES string of the molecule is Cc1n[nH]c(=S)n1NCc1cc(Cl)ccc1OC(C)C. The van der Waals surface area contributed by atoms with Gasteiger partial charge >= 0.3 is 0 Å². The van der Waals surface area contributed by atoms with Crippen LogP contribution in [0.2, 0.25) is 5.02 Å². The van der Waals surface area contributed by atoms with Gasteiger partial charge in [-0.25, -0.2) is 4.68 Å². The van der Waals surface area contributed by atoms with Gasteiger partial charge in [0.15, 0.2) is 0 Å². The lowest BCUT2D eigenvalue weighted by Crippen LogP contribution is -2.17. The molecule has 0 aliphatic carbocycles. The van der Waals surface area contributed by atoms with Crippen molar-refractivity contribution in [3.05, 3.63) is 39.4 Å². The van der Waals surface area contributed by atoms with Crippen molar-refractivity contribution in [3.8, 4) is 5.75 Å². The molecule has 2 rings (SSSR count). The summed E-state index contributed by atoms with van der Waals surface area (Å²) in [6, 6.07) is 5.57. The van der Waals surface area contributed by atoms with Gasteiger partial charge in [-0.2, -0.15) is 5.10 Å². The quantitative estimate of drug-likeness (QED) is 0.831. The largest absolute Gasteiger partial charge is 0.491 e. The number of aromatic nitrogens is 3. The molecule has 0 saturated heterocycles. The van der Waals surface area contributed by atoms with E-state index in [2.05, 4.69) is 15.6 Å². The molecule has 0 atom stereocenters. The molecule has 0 radical (unpaired) electrons. The molecular weight excluding hydrogens is 296 g/mol. The van der Waals surface area contributed by atoms with E-state index in [1.54, 1.807) is 4.68 Å². The first kappa shape index (κ1) is 14.9. The fraction of sp³-hybridized carbons (Fsp3) is 0.385. The van der Waals surface area contributed by atoms with Crippen LogP contribution in [-0.4, -0.2) is 21.0 Å². The van der Waals surface area contributed by atoms with E-state index < -0.39 is 0 Å². The zero-order valence-electron chi connectivity index (χ0n) is 11.6. The van der Waals surface area contributed by atoms with Crippen molar-refractivity contribution in [3.63, 3.8) is 0 Å². The van der Waals surface area contributed by atoms with Crippen molar-refractivity contribution in [1.29, 1.82) is 0 Å². The molecule has 2 aromatic rings. The fourth-order valence-corrected chi connectivity index (χ4v) is 2.22. The zero-order valence-corrected chi connectivity index (χ0v) is 13.2. The number of aromatic amines is 1. The third-order valence-corrected chi connectivity index (χ3v) is 3.16. The van der Waals surface area contributed by atoms with E-state index in [4.69, 9.17) is 28.6 Å². The van der Waals surface area contributed by atoms with Crippen LogP contribution in [0.5, 0.6) is 5.75 Å². The Labute approximate surface area is 127 Å². The number of nitrogens with one attached hydrogen (secondary N) is 2. The number of halogens is 1. The second-order valence-electron chi connectivity index (χ2n) is 4.66. The minimum atomic E-state index is 0.104. The number of aryl methyl sites for hydroxylation is 1. The third kappa shape index (κ3) is 3.52. The highest BCUT2D eigenvalue weighted by molar-refractivity contribution is 7.71. The molecule has 5 nitrogen and oxygen atoms in total. The number of hydrogen-bond donors (Lipinski definition) is 2. The van der Waals surface area contributed by atoms with E-state index in [1.807, 2.05) is 39.0 Å². The Morgan fingerprint density at radius 2 is 2.25 bits per heavy atom. The molecule has 108 valence electrons. The van der Waals surface area contributed by atoms with Crippen LogP contribution in [0.15, 0.2) is 18.2 Å². The summed E-state index contributed by atoms with van der Waals surface area (Å²) in [5.41, 5.74) is 4.16. The van der Waals surface area contributed by atoms with E-state index in [-0.39, 0.29) is 6.10 Å². The van der Waals surface area contributed by atoms with Crippen LogP contribution in [-0.2, 0) is 6.54 Å². The number of nitrogens with zero attached hydrogens (tertiary/aromatic N) is 2. The monoisotopic (exact) mass is 312 g/mol. The van der Waals surface area contributed by atoms with Crippen LogP contribution >= 0.6 is 23.8 Å². The molecule has 0 aliphatic heterocycles. The molecule has 0 aliphatic rings. The second-order valence-corrected chi connectivity index (χ2v) is 5.49. The van der Waals surface area contributed by atoms with Crippen LogP contribution < -0.4 is 10.2 Å². The second kappa shape index (κ2) is 6.28. The van der Waals surface area contributed by atoms with Crippen LogP contribution in [0.4, 0.5) is 0 Å². The zero-order chi connectivity index (χ0) is 14.7. The van der Waals surface area contributed by atoms with Gasteiger partial charge in [0.05, 0.1) is 12.6 Å². The van der Waals surface area contributed by atoms with Crippen molar-refractivity contribution in [2.75, 3.05) is 5.43 Å². The summed E-state index contributed by atoms with van der Waals surface area (Å²) in [6.07, 6.45) is 0.104. The molecule has 1 aromatic heterocycles. The number of hydrogen-bond acceptors (Lipinski definition) is 4. The predicted octanol–water partition coefficient (Wildman–Crippen LogP) is 3.43. The van der Waals surface area contributed by atoms with Gasteiger partial charge in [-0.15, -0.1) is 0 Å². The molecule has 20 heavy (non-hydrogen) atoms. The molecule has 1 aromatic carbocycles. The van der Waals surface area contributed by atoms with Gasteiger partial charge < -0.3 is 10.2 Å². The highest BCUT2D eigenvalue weighted by atomic mass is 35.5. The van der Waals surface area contributed by atoms with Gasteiger partial charge in [0, 0.05) is 10.6 Å². The summed E-state index contributed by atoms with van der Waals surface area (Å²) in [7, 11) is 0. The Morgan fingerprint density at radius 3 is 2.85 bits per heavy atom. The molecule has 0 saturated carbocycles. The summed E-state index contributed by atoms with van der Waals surface area (Å²) >= 11 is 11.2. The first-order valence-electron chi connectivity index (χ1n) is 6.30. The Balaban J connectivity index is 2.20. The summed E-state index contributed by atoms with van der Waals surface area (Å²) in [4.78, 5) is 0. The van der Waals surface area contributed by atoms with Gasteiger partial charge in [-0.3, -0.25) is 5.10 Å². The number of ether oxygens (including phenoxy) is 1. The Morgan fingerprint density at radius 1 is 1.50 bits per heavy atom. The third-order valence-electron chi connectivity index (χ3n) is 2.65. The van der Waals surface area contributed by atoms with Crippen LogP contribution in [0.1, 0.15) is 25.2 Å². The van der Waals surface area contributed by atoms with E-state index in [0.29, 0.717) is 16.3 Å². The van der Waals surface area contributed by atoms with Crippen molar-refractivity contribution >= 4 is 23.8 Å². The summed E-state index contributed by atoms with van der Waals surface area (Å²) in [5.74, 6) is 1.58. The summed E-state index contributed by atoms with van der Waals surface area (Å²) in [5, 5.41) is 7.44. The topological polar surface area (TPSA) is 54.9 Å². The summed E-state index contributed by atoms with van der Waals surface area (Å²) < 4.78 is 8.01. The van der Waals surface area contributed by atoms with E-state index >= 15 is 0 Å². The minimum Gasteiger partial charge on any atom is -0.491 e. The Bertz CT molecular complexity index is 650. The van der Waals surface area contributed by atoms with Crippen LogP contribution in [0.3, 0.4) is 0 Å². The average Bonchev–Trinajstić information content (AvgIpc) is 2.69. The first-order chi connectivity index (χ1) is 9.47. The van der Waals surface area contributed by atoms with Gasteiger partial charge in [0.2, 0.25) is 4.77 Å². The summed E-state index contributed by atoms with van der Waals surface area (Å²) in [6.45, 7) is 6.38. The fourth-order valence-electron chi connectivity index (χ4n) is 1.78. The van der Waals surface area contributed by atoms with Gasteiger partial charge in [0.25, 0.3) is 0 Å². The average molecular weight is 313 g/mol. The van der Waals surface area contributed by atoms with Gasteiger partial charge in [-0.1, -0.05) is 11.6 Å². The van der Waals surface area contributed by atoms with Crippen molar-refractivity contribution in [2.24, 2.45) is 0 Å². The molecule has 7 heteroatoms. The molecule has 0 unspecified atom stereocenters. The lowest BCUT2D eigenvalue weighted by molar-refractivity contribution is 0.240. The standard InChI is InChI=1S/C13H17ClN4OS/c1-8(2)19-12-5-4-11(14)6-10(12)7-15-18-9(3)16-17-13(18)20/h4-6,8,15H,7H2,1-3H3,(H,17,20). The Hall–Kier alpha value is -1.53. The van der Waals surface area contributed by atoms with E-state index in [0.717, 1.165) is 17.1 Å². The van der Waals surface area contributed by atoms with Crippen LogP contribution in [0, 0.1) is 11.7 Å². The van der Waals surface area contributed by atoms with E-state index in [1.165, 1.54) is 0 Å². The maximum Gasteiger partial charge on any atom is 0.214 e. The number of rotatable bonds is 5. The number of benzene rings is 1. The molecule has 0 fully saturated rings. The predicted molar refractivity (Wildman–Crippen MR) is 82.4 cm³/mol. The van der Waals surface area contributed by atoms with Gasteiger partial charge in [0.1, 0.15) is 11.6 Å². The highest BCUT2D eigenvalue weighted by Gasteiger charge is 2.08. The lowest BCUT2D eigenvalue weighted by atomic mass is 10.2. The first-order valence-corrected chi connectivity index (χ1v) is 7.09. The molecule has 1 heterocycles. The molecule has 2 N–H and O–H groups in total. The number of H-pyrrole nitrogens is 1. The minimum absolute atomic E-state index is 0.104. The molecule has 0 amide bonds. The van der Waals surface area contributed by atoms with E-state index in [9.17, 15) is 0 Å². The molecular formula is C13H17ClN4OS.